The third-order valence-electron chi connectivity index (χ3n) is 9.30. The van der Waals surface area contributed by atoms with Crippen LogP contribution in [0, 0.1) is 17.8 Å². The maximum Gasteiger partial charge on any atom is 0.317 e. The molecule has 192 valence electrons. The number of allylic oxidation sites excluding steroid dienone is 3. The summed E-state index contributed by atoms with van der Waals surface area (Å²) in [6.45, 7) is 2.47. The van der Waals surface area contributed by atoms with Crippen molar-refractivity contribution >= 4 is 17.6 Å². The van der Waals surface area contributed by atoms with E-state index in [0.29, 0.717) is 17.9 Å². The van der Waals surface area contributed by atoms with Crippen LogP contribution in [0.5, 0.6) is 0 Å². The Labute approximate surface area is 215 Å². The molecule has 1 aromatic rings. The number of anilines is 1. The monoisotopic (exact) mass is 488 g/mol. The molecule has 6 nitrogen and oxygen atoms in total. The molecule has 1 aromatic carbocycles. The molecule has 1 unspecified atom stereocenters. The van der Waals surface area contributed by atoms with Gasteiger partial charge in [0.1, 0.15) is 0 Å². The van der Waals surface area contributed by atoms with Crippen molar-refractivity contribution in [3.05, 3.63) is 54.1 Å². The smallest absolute Gasteiger partial charge is 0.317 e. The first kappa shape index (κ1) is 23.6. The zero-order chi connectivity index (χ0) is 24.5. The number of likely N-dealkylation sites (tertiary alicyclic amines) is 2. The third kappa shape index (κ3) is 4.44. The summed E-state index contributed by atoms with van der Waals surface area (Å²) in [6, 6.07) is 8.98. The van der Waals surface area contributed by atoms with E-state index in [1.165, 1.54) is 17.7 Å². The van der Waals surface area contributed by atoms with E-state index in [1.807, 2.05) is 4.90 Å². The summed E-state index contributed by atoms with van der Waals surface area (Å²) in [4.78, 5) is 31.4. The molecule has 0 bridgehead atoms. The van der Waals surface area contributed by atoms with E-state index in [0.717, 1.165) is 71.0 Å². The van der Waals surface area contributed by atoms with Crippen LogP contribution in [0.3, 0.4) is 0 Å². The lowest BCUT2D eigenvalue weighted by atomic mass is 9.75. The molecule has 0 radical (unpaired) electrons. The SMILES string of the molecule is O=C(N[C@@H]1CCCC[C@@H]1C(=O)N1CC[C@@H]2[C@H](C3C=CC=CC3)Nc3ccccc3[C@@H]21)N1CCCCC1. The highest BCUT2D eigenvalue weighted by Gasteiger charge is 2.49. The maximum atomic E-state index is 14.2. The molecule has 6 rings (SSSR count). The van der Waals surface area contributed by atoms with Crippen molar-refractivity contribution in [3.8, 4) is 0 Å². The predicted molar refractivity (Wildman–Crippen MR) is 143 cm³/mol. The van der Waals surface area contributed by atoms with E-state index < -0.39 is 0 Å². The fourth-order valence-corrected chi connectivity index (χ4v) is 7.46. The Morgan fingerprint density at radius 1 is 0.917 bits per heavy atom. The number of carbonyl (C=O) groups excluding carboxylic acids is 2. The molecule has 2 N–H and O–H groups in total. The highest BCUT2D eigenvalue weighted by molar-refractivity contribution is 5.83. The molecular weight excluding hydrogens is 448 g/mol. The van der Waals surface area contributed by atoms with Gasteiger partial charge in [-0.3, -0.25) is 4.79 Å². The lowest BCUT2D eigenvalue weighted by molar-refractivity contribution is -0.139. The van der Waals surface area contributed by atoms with Gasteiger partial charge in [-0.25, -0.2) is 4.79 Å². The number of piperidine rings is 1. The number of carbonyl (C=O) groups is 2. The summed E-state index contributed by atoms with van der Waals surface area (Å²) in [5.41, 5.74) is 2.43. The van der Waals surface area contributed by atoms with Crippen molar-refractivity contribution in [1.29, 1.82) is 0 Å². The van der Waals surface area contributed by atoms with E-state index >= 15 is 0 Å². The first-order valence-electron chi connectivity index (χ1n) is 14.3. The molecule has 6 atom stereocenters. The Bertz CT molecular complexity index is 1030. The number of para-hydroxylation sites is 1. The second-order valence-corrected chi connectivity index (χ2v) is 11.4. The Morgan fingerprint density at radius 2 is 1.75 bits per heavy atom. The number of amides is 3. The Balaban J connectivity index is 1.23. The highest BCUT2D eigenvalue weighted by Crippen LogP contribution is 2.49. The van der Waals surface area contributed by atoms with Gasteiger partial charge in [0.25, 0.3) is 0 Å². The van der Waals surface area contributed by atoms with Crippen LogP contribution in [-0.2, 0) is 4.79 Å². The van der Waals surface area contributed by atoms with Crippen molar-refractivity contribution in [2.45, 2.75) is 75.9 Å². The van der Waals surface area contributed by atoms with Crippen LogP contribution in [-0.4, -0.2) is 53.5 Å². The number of benzene rings is 1. The summed E-state index contributed by atoms with van der Waals surface area (Å²) < 4.78 is 0. The predicted octanol–water partition coefficient (Wildman–Crippen LogP) is 5.26. The van der Waals surface area contributed by atoms with Crippen molar-refractivity contribution in [3.63, 3.8) is 0 Å². The van der Waals surface area contributed by atoms with Gasteiger partial charge < -0.3 is 20.4 Å². The number of rotatable bonds is 3. The number of nitrogens with one attached hydrogen (secondary N) is 2. The average Bonchev–Trinajstić information content (AvgIpc) is 3.39. The molecule has 2 aliphatic carbocycles. The lowest BCUT2D eigenvalue weighted by Gasteiger charge is -2.44. The summed E-state index contributed by atoms with van der Waals surface area (Å²) in [5.74, 6) is 0.970. The van der Waals surface area contributed by atoms with Gasteiger partial charge in [0, 0.05) is 49.2 Å². The summed E-state index contributed by atoms with van der Waals surface area (Å²) in [6.07, 6.45) is 18.2. The van der Waals surface area contributed by atoms with E-state index in [1.54, 1.807) is 0 Å². The molecule has 3 fully saturated rings. The van der Waals surface area contributed by atoms with Crippen LogP contribution in [0.2, 0.25) is 0 Å². The van der Waals surface area contributed by atoms with Crippen molar-refractivity contribution in [2.24, 2.45) is 17.8 Å². The molecule has 3 heterocycles. The van der Waals surface area contributed by atoms with Gasteiger partial charge in [0.15, 0.2) is 0 Å². The zero-order valence-corrected chi connectivity index (χ0v) is 21.3. The minimum Gasteiger partial charge on any atom is -0.381 e. The number of fused-ring (bicyclic) bond motifs is 3. The first-order valence-corrected chi connectivity index (χ1v) is 14.3. The summed E-state index contributed by atoms with van der Waals surface area (Å²) >= 11 is 0. The maximum absolute atomic E-state index is 14.2. The fourth-order valence-electron chi connectivity index (χ4n) is 7.46. The molecule has 0 aromatic heterocycles. The number of hydrogen-bond acceptors (Lipinski definition) is 3. The quantitative estimate of drug-likeness (QED) is 0.610. The molecule has 2 saturated heterocycles. The summed E-state index contributed by atoms with van der Waals surface area (Å²) in [7, 11) is 0. The lowest BCUT2D eigenvalue weighted by Crippen LogP contribution is -2.54. The minimum atomic E-state index is -0.121. The van der Waals surface area contributed by atoms with E-state index in [4.69, 9.17) is 0 Å². The highest BCUT2D eigenvalue weighted by atomic mass is 16.2. The topological polar surface area (TPSA) is 64.7 Å². The molecule has 36 heavy (non-hydrogen) atoms. The normalized spacial score (nSPS) is 33.4. The zero-order valence-electron chi connectivity index (χ0n) is 21.3. The van der Waals surface area contributed by atoms with Gasteiger partial charge in [0.05, 0.1) is 12.0 Å². The third-order valence-corrected chi connectivity index (χ3v) is 9.30. The van der Waals surface area contributed by atoms with Crippen molar-refractivity contribution in [2.75, 3.05) is 25.0 Å². The van der Waals surface area contributed by atoms with Crippen LogP contribution >= 0.6 is 0 Å². The van der Waals surface area contributed by atoms with Crippen LogP contribution in [0.25, 0.3) is 0 Å². The van der Waals surface area contributed by atoms with E-state index in [9.17, 15) is 9.59 Å². The van der Waals surface area contributed by atoms with Crippen LogP contribution in [0.1, 0.15) is 69.4 Å². The van der Waals surface area contributed by atoms with E-state index in [-0.39, 0.29) is 29.9 Å². The largest absolute Gasteiger partial charge is 0.381 e. The number of hydrogen-bond donors (Lipinski definition) is 2. The van der Waals surface area contributed by atoms with Crippen LogP contribution in [0.15, 0.2) is 48.6 Å². The van der Waals surface area contributed by atoms with Gasteiger partial charge >= 0.3 is 6.03 Å². The van der Waals surface area contributed by atoms with Crippen molar-refractivity contribution in [1.82, 2.24) is 15.1 Å². The van der Waals surface area contributed by atoms with Gasteiger partial charge in [-0.15, -0.1) is 0 Å². The second-order valence-electron chi connectivity index (χ2n) is 11.4. The van der Waals surface area contributed by atoms with Crippen molar-refractivity contribution < 1.29 is 9.59 Å². The van der Waals surface area contributed by atoms with Gasteiger partial charge in [-0.05, 0) is 56.6 Å². The molecule has 0 spiro atoms. The van der Waals surface area contributed by atoms with Crippen LogP contribution < -0.4 is 10.6 Å². The number of urea groups is 1. The minimum absolute atomic E-state index is 0.0307. The first-order chi connectivity index (χ1) is 17.7. The summed E-state index contributed by atoms with van der Waals surface area (Å²) in [5, 5.41) is 7.17. The molecule has 6 heteroatoms. The molecule has 5 aliphatic rings. The number of nitrogens with zero attached hydrogens (tertiary/aromatic N) is 2. The molecule has 1 saturated carbocycles. The van der Waals surface area contributed by atoms with Gasteiger partial charge in [0.2, 0.25) is 5.91 Å². The molecule has 3 aliphatic heterocycles. The Morgan fingerprint density at radius 3 is 2.58 bits per heavy atom. The van der Waals surface area contributed by atoms with Gasteiger partial charge in [-0.2, -0.15) is 0 Å². The Hall–Kier alpha value is -2.76. The second kappa shape index (κ2) is 10.3. The molecule has 3 amide bonds. The van der Waals surface area contributed by atoms with Gasteiger partial charge in [-0.1, -0.05) is 55.3 Å². The Kier molecular flexibility index (Phi) is 6.77. The fraction of sp³-hybridized carbons (Fsp3) is 0.600. The average molecular weight is 489 g/mol. The standard InChI is InChI=1S/C30H40N4O2/c35-29(23-14-6-8-16-26(23)32-30(36)33-18-9-2-10-19-33)34-20-17-24-27(21-11-3-1-4-12-21)31-25-15-7-5-13-22(25)28(24)34/h1,3-5,7,11,13,15,21,23-24,26-28,31H,2,6,8-10,12,14,16-20H2,(H,32,36)/t21?,23-,24+,26+,27-,28-/m0/s1. The van der Waals surface area contributed by atoms with Crippen LogP contribution in [0.4, 0.5) is 10.5 Å². The van der Waals surface area contributed by atoms with E-state index in [2.05, 4.69) is 64.1 Å². The molecular formula is C30H40N4O2.